The van der Waals surface area contributed by atoms with Crippen molar-refractivity contribution in [3.05, 3.63) is 65.3 Å². The van der Waals surface area contributed by atoms with E-state index in [1.165, 1.54) is 30.3 Å². The van der Waals surface area contributed by atoms with Gasteiger partial charge in [0, 0.05) is 57.3 Å². The number of piperidine rings is 1. The van der Waals surface area contributed by atoms with Gasteiger partial charge in [-0.15, -0.1) is 0 Å². The molecule has 2 amide bonds. The zero-order chi connectivity index (χ0) is 30.5. The fourth-order valence-electron chi connectivity index (χ4n) is 6.40. The molecule has 1 saturated carbocycles. The maximum atomic E-state index is 12.8. The SMILES string of the molecule is Cc1c(OCc2cnco2)ccc2c1CCN(C[C@@H](O)CNC(=O)c1cc(NC3CC(C(=O)N4CCCCC4)C3)ncn1)C2. The van der Waals surface area contributed by atoms with Crippen molar-refractivity contribution in [3.63, 3.8) is 0 Å². The van der Waals surface area contributed by atoms with Crippen molar-refractivity contribution in [1.82, 2.24) is 30.1 Å². The quantitative estimate of drug-likeness (QED) is 0.299. The van der Waals surface area contributed by atoms with Gasteiger partial charge in [-0.25, -0.2) is 15.0 Å². The van der Waals surface area contributed by atoms with Crippen molar-refractivity contribution in [1.29, 1.82) is 0 Å². The minimum absolute atomic E-state index is 0.0661. The number of β-amino-alcohol motifs (C(OH)–C–C–N with tert-alkyl or cyclic N) is 1. The predicted molar refractivity (Wildman–Crippen MR) is 162 cm³/mol. The minimum atomic E-state index is -0.727. The van der Waals surface area contributed by atoms with Gasteiger partial charge in [0.15, 0.2) is 12.2 Å². The number of nitrogens with one attached hydrogen (secondary N) is 2. The Balaban J connectivity index is 0.932. The number of hydrogen-bond acceptors (Lipinski definition) is 10. The van der Waals surface area contributed by atoms with Crippen LogP contribution in [0.15, 0.2) is 41.5 Å². The van der Waals surface area contributed by atoms with Crippen molar-refractivity contribution in [2.75, 3.05) is 38.0 Å². The smallest absolute Gasteiger partial charge is 0.270 e. The monoisotopic (exact) mass is 603 g/mol. The molecule has 1 aromatic carbocycles. The van der Waals surface area contributed by atoms with Crippen LogP contribution in [0, 0.1) is 12.8 Å². The Morgan fingerprint density at radius 2 is 2.00 bits per heavy atom. The first-order valence-corrected chi connectivity index (χ1v) is 15.6. The third-order valence-electron chi connectivity index (χ3n) is 8.95. The van der Waals surface area contributed by atoms with Crippen LogP contribution in [0.3, 0.4) is 0 Å². The Kier molecular flexibility index (Phi) is 9.37. The molecule has 3 aliphatic rings. The van der Waals surface area contributed by atoms with Gasteiger partial charge in [0.2, 0.25) is 5.91 Å². The van der Waals surface area contributed by atoms with Crippen molar-refractivity contribution >= 4 is 17.6 Å². The molecule has 2 fully saturated rings. The number of ether oxygens (including phenoxy) is 1. The Morgan fingerprint density at radius 1 is 1.16 bits per heavy atom. The number of hydrogen-bond donors (Lipinski definition) is 3. The Bertz CT molecular complexity index is 1440. The van der Waals surface area contributed by atoms with Crippen LogP contribution >= 0.6 is 0 Å². The molecule has 12 heteroatoms. The fourth-order valence-corrected chi connectivity index (χ4v) is 6.40. The number of nitrogens with zero attached hydrogens (tertiary/aromatic N) is 5. The third-order valence-corrected chi connectivity index (χ3v) is 8.95. The lowest BCUT2D eigenvalue weighted by Gasteiger charge is -2.39. The summed E-state index contributed by atoms with van der Waals surface area (Å²) in [6.45, 7) is 6.24. The van der Waals surface area contributed by atoms with E-state index in [-0.39, 0.29) is 36.0 Å². The van der Waals surface area contributed by atoms with Gasteiger partial charge in [-0.1, -0.05) is 6.07 Å². The highest BCUT2D eigenvalue weighted by atomic mass is 16.5. The maximum absolute atomic E-state index is 12.8. The number of oxazole rings is 1. The molecular weight excluding hydrogens is 562 g/mol. The first kappa shape index (κ1) is 30.0. The molecular formula is C32H41N7O5. The molecule has 2 aromatic heterocycles. The van der Waals surface area contributed by atoms with Gasteiger partial charge in [-0.3, -0.25) is 14.5 Å². The van der Waals surface area contributed by atoms with Gasteiger partial charge in [0.25, 0.3) is 5.91 Å². The molecule has 4 heterocycles. The van der Waals surface area contributed by atoms with Gasteiger partial charge < -0.3 is 29.8 Å². The van der Waals surface area contributed by atoms with E-state index in [0.29, 0.717) is 24.7 Å². The van der Waals surface area contributed by atoms with E-state index in [9.17, 15) is 14.7 Å². The van der Waals surface area contributed by atoms with E-state index in [1.807, 2.05) is 11.0 Å². The van der Waals surface area contributed by atoms with Crippen LogP contribution in [0.2, 0.25) is 0 Å². The molecule has 0 spiro atoms. The Morgan fingerprint density at radius 3 is 2.80 bits per heavy atom. The Hall–Kier alpha value is -4.03. The number of carbonyl (C=O) groups excluding carboxylic acids is 2. The van der Waals surface area contributed by atoms with Crippen LogP contribution in [0.5, 0.6) is 5.75 Å². The highest BCUT2D eigenvalue weighted by Gasteiger charge is 2.37. The van der Waals surface area contributed by atoms with Gasteiger partial charge in [-0.05, 0) is 68.2 Å². The van der Waals surface area contributed by atoms with E-state index in [4.69, 9.17) is 9.15 Å². The molecule has 12 nitrogen and oxygen atoms in total. The maximum Gasteiger partial charge on any atom is 0.270 e. The van der Waals surface area contributed by atoms with Crippen molar-refractivity contribution in [3.8, 4) is 5.75 Å². The number of rotatable bonds is 11. The molecule has 0 unspecified atom stereocenters. The van der Waals surface area contributed by atoms with Gasteiger partial charge in [0.05, 0.1) is 12.3 Å². The summed E-state index contributed by atoms with van der Waals surface area (Å²) in [6, 6.07) is 5.83. The first-order valence-electron chi connectivity index (χ1n) is 15.6. The van der Waals surface area contributed by atoms with Crippen LogP contribution in [-0.4, -0.2) is 86.5 Å². The second-order valence-electron chi connectivity index (χ2n) is 12.1. The molecule has 1 aliphatic carbocycles. The molecule has 2 aliphatic heterocycles. The van der Waals surface area contributed by atoms with E-state index in [1.54, 1.807) is 12.3 Å². The lowest BCUT2D eigenvalue weighted by atomic mass is 9.79. The number of likely N-dealkylation sites (tertiary alicyclic amines) is 1. The molecule has 6 rings (SSSR count). The summed E-state index contributed by atoms with van der Waals surface area (Å²) in [4.78, 5) is 42.0. The van der Waals surface area contributed by atoms with E-state index >= 15 is 0 Å². The number of aliphatic hydroxyl groups excluding tert-OH is 1. The third kappa shape index (κ3) is 7.19. The lowest BCUT2D eigenvalue weighted by Crippen LogP contribution is -2.47. The normalized spacial score (nSPS) is 20.7. The molecule has 234 valence electrons. The highest BCUT2D eigenvalue weighted by Crippen LogP contribution is 2.32. The van der Waals surface area contributed by atoms with Crippen molar-refractivity contribution < 1.29 is 23.8 Å². The molecule has 3 N–H and O–H groups in total. The van der Waals surface area contributed by atoms with Crippen LogP contribution in [0.4, 0.5) is 5.82 Å². The van der Waals surface area contributed by atoms with Crippen LogP contribution in [0.1, 0.15) is 65.0 Å². The lowest BCUT2D eigenvalue weighted by molar-refractivity contribution is -0.139. The summed E-state index contributed by atoms with van der Waals surface area (Å²) >= 11 is 0. The summed E-state index contributed by atoms with van der Waals surface area (Å²) in [5, 5.41) is 16.9. The summed E-state index contributed by atoms with van der Waals surface area (Å²) in [5.74, 6) is 2.05. The zero-order valence-corrected chi connectivity index (χ0v) is 25.2. The van der Waals surface area contributed by atoms with Gasteiger partial charge in [-0.2, -0.15) is 0 Å². The molecule has 1 saturated heterocycles. The number of benzene rings is 1. The first-order chi connectivity index (χ1) is 21.4. The van der Waals surface area contributed by atoms with E-state index in [2.05, 4.69) is 43.5 Å². The standard InChI is InChI=1S/C32H41N7O5/c1-21-27-7-10-38(16-22(27)5-6-29(21)43-18-26-15-33-20-44-26)17-25(40)14-34-31(41)28-13-30(36-19-35-28)37-24-11-23(12-24)32(42)39-8-3-2-4-9-39/h5-6,13,15,19-20,23-25,40H,2-4,7-12,14,16-18H2,1H3,(H,34,41)(H,35,36,37)/t23?,24?,25-/m0/s1. The number of fused-ring (bicyclic) bond motifs is 1. The van der Waals surface area contributed by atoms with Crippen molar-refractivity contribution in [2.45, 2.75) is 70.7 Å². The Labute approximate surface area is 257 Å². The van der Waals surface area contributed by atoms with Crippen molar-refractivity contribution in [2.24, 2.45) is 5.92 Å². The molecule has 1 atom stereocenters. The average Bonchev–Trinajstić information content (AvgIpc) is 3.55. The summed E-state index contributed by atoms with van der Waals surface area (Å²) < 4.78 is 11.2. The molecule has 3 aromatic rings. The van der Waals surface area contributed by atoms with Gasteiger partial charge >= 0.3 is 0 Å². The number of amides is 2. The van der Waals surface area contributed by atoms with E-state index < -0.39 is 6.10 Å². The predicted octanol–water partition coefficient (Wildman–Crippen LogP) is 2.70. The molecule has 0 bridgehead atoms. The number of aliphatic hydroxyl groups is 1. The second kappa shape index (κ2) is 13.7. The molecule has 0 radical (unpaired) electrons. The largest absolute Gasteiger partial charge is 0.485 e. The highest BCUT2D eigenvalue weighted by molar-refractivity contribution is 5.92. The summed E-state index contributed by atoms with van der Waals surface area (Å²) in [5.41, 5.74) is 3.85. The van der Waals surface area contributed by atoms with Crippen LogP contribution in [-0.2, 0) is 24.4 Å². The van der Waals surface area contributed by atoms with Gasteiger partial charge in [0.1, 0.15) is 30.2 Å². The zero-order valence-electron chi connectivity index (χ0n) is 25.2. The summed E-state index contributed by atoms with van der Waals surface area (Å²) in [7, 11) is 0. The number of carbonyl (C=O) groups is 2. The average molecular weight is 604 g/mol. The fraction of sp³-hybridized carbons (Fsp3) is 0.531. The van der Waals surface area contributed by atoms with Crippen LogP contribution in [0.25, 0.3) is 0 Å². The van der Waals surface area contributed by atoms with Crippen LogP contribution < -0.4 is 15.4 Å². The van der Waals surface area contributed by atoms with E-state index in [0.717, 1.165) is 69.6 Å². The topological polar surface area (TPSA) is 146 Å². The number of aromatic nitrogens is 3. The summed E-state index contributed by atoms with van der Waals surface area (Å²) in [6.07, 6.45) is 9.47. The minimum Gasteiger partial charge on any atom is -0.485 e. The second-order valence-corrected chi connectivity index (χ2v) is 12.1. The number of anilines is 1. The molecule has 44 heavy (non-hydrogen) atoms.